The molecule has 2 aromatic rings. The molecular formula is C17H27IN6. The molecule has 24 heavy (non-hydrogen) atoms. The highest BCUT2D eigenvalue weighted by Crippen LogP contribution is 2.06. The van der Waals surface area contributed by atoms with Crippen molar-refractivity contribution >= 4 is 29.9 Å². The van der Waals surface area contributed by atoms with Crippen molar-refractivity contribution in [2.24, 2.45) is 4.99 Å². The number of rotatable bonds is 8. The van der Waals surface area contributed by atoms with Crippen molar-refractivity contribution < 1.29 is 0 Å². The molecule has 2 aromatic heterocycles. The number of hydrogen-bond acceptors (Lipinski definition) is 3. The first kappa shape index (κ1) is 20.4. The maximum Gasteiger partial charge on any atom is 0.191 e. The standard InChI is InChI=1S/C17H26N6.HI/c1-3-5-6-9-20-17(19-4-2)22-13-15-7-8-16(21-12-15)23-11-10-18-14-23;/h7-8,10-12,14H,3-6,9,13H2,1-2H3,(H2,19,20,22);1H. The first-order valence-corrected chi connectivity index (χ1v) is 8.29. The summed E-state index contributed by atoms with van der Waals surface area (Å²) in [6.07, 6.45) is 10.9. The number of aliphatic imine (C=N–C) groups is 1. The van der Waals surface area contributed by atoms with Gasteiger partial charge < -0.3 is 10.6 Å². The number of guanidine groups is 1. The molecule has 0 aliphatic carbocycles. The SMILES string of the molecule is CCCCCNC(=NCc1ccc(-n2ccnc2)nc1)NCC.I. The smallest absolute Gasteiger partial charge is 0.191 e. The van der Waals surface area contributed by atoms with Crippen molar-refractivity contribution in [1.29, 1.82) is 0 Å². The molecule has 0 fully saturated rings. The predicted octanol–water partition coefficient (Wildman–Crippen LogP) is 3.13. The average molecular weight is 442 g/mol. The highest BCUT2D eigenvalue weighted by molar-refractivity contribution is 14.0. The summed E-state index contributed by atoms with van der Waals surface area (Å²) in [5.41, 5.74) is 1.08. The number of nitrogens with zero attached hydrogens (tertiary/aromatic N) is 4. The second-order valence-electron chi connectivity index (χ2n) is 5.32. The van der Waals surface area contributed by atoms with Gasteiger partial charge in [0.15, 0.2) is 5.96 Å². The number of nitrogens with one attached hydrogen (secondary N) is 2. The van der Waals surface area contributed by atoms with Crippen LogP contribution in [0.15, 0.2) is 42.0 Å². The van der Waals surface area contributed by atoms with Crippen LogP contribution in [0.3, 0.4) is 0 Å². The van der Waals surface area contributed by atoms with Crippen LogP contribution in [0, 0.1) is 0 Å². The van der Waals surface area contributed by atoms with Gasteiger partial charge in [-0.3, -0.25) is 4.57 Å². The van der Waals surface area contributed by atoms with Crippen LogP contribution >= 0.6 is 24.0 Å². The Morgan fingerprint density at radius 2 is 2.08 bits per heavy atom. The molecule has 2 heterocycles. The number of hydrogen-bond donors (Lipinski definition) is 2. The summed E-state index contributed by atoms with van der Waals surface area (Å²) in [5, 5.41) is 6.64. The summed E-state index contributed by atoms with van der Waals surface area (Å²) in [5.74, 6) is 1.72. The quantitative estimate of drug-likeness (QED) is 0.285. The van der Waals surface area contributed by atoms with Crippen LogP contribution in [-0.2, 0) is 6.54 Å². The van der Waals surface area contributed by atoms with Gasteiger partial charge in [0.1, 0.15) is 12.1 Å². The summed E-state index contributed by atoms with van der Waals surface area (Å²) in [6.45, 7) is 6.71. The molecule has 132 valence electrons. The van der Waals surface area contributed by atoms with Gasteiger partial charge in [-0.2, -0.15) is 0 Å². The van der Waals surface area contributed by atoms with Crippen molar-refractivity contribution in [3.05, 3.63) is 42.6 Å². The summed E-state index contributed by atoms with van der Waals surface area (Å²) in [4.78, 5) is 13.1. The van der Waals surface area contributed by atoms with Crippen molar-refractivity contribution in [2.45, 2.75) is 39.7 Å². The third-order valence-electron chi connectivity index (χ3n) is 3.41. The van der Waals surface area contributed by atoms with Gasteiger partial charge in [-0.1, -0.05) is 25.8 Å². The van der Waals surface area contributed by atoms with Gasteiger partial charge in [-0.05, 0) is 25.0 Å². The van der Waals surface area contributed by atoms with E-state index in [-0.39, 0.29) is 24.0 Å². The van der Waals surface area contributed by atoms with E-state index in [2.05, 4.69) is 39.4 Å². The molecule has 0 aromatic carbocycles. The molecule has 0 unspecified atom stereocenters. The van der Waals surface area contributed by atoms with E-state index in [9.17, 15) is 0 Å². The van der Waals surface area contributed by atoms with E-state index in [0.717, 1.165) is 30.4 Å². The third kappa shape index (κ3) is 6.86. The molecule has 0 spiro atoms. The molecule has 0 saturated heterocycles. The molecule has 0 atom stereocenters. The van der Waals surface area contributed by atoms with Gasteiger partial charge in [-0.25, -0.2) is 15.0 Å². The lowest BCUT2D eigenvalue weighted by molar-refractivity contribution is 0.683. The van der Waals surface area contributed by atoms with Gasteiger partial charge in [-0.15, -0.1) is 24.0 Å². The summed E-state index contributed by atoms with van der Waals surface area (Å²) >= 11 is 0. The molecule has 0 radical (unpaired) electrons. The first-order chi connectivity index (χ1) is 11.3. The highest BCUT2D eigenvalue weighted by Gasteiger charge is 2.00. The molecule has 2 N–H and O–H groups in total. The van der Waals surface area contributed by atoms with Crippen LogP contribution in [0.5, 0.6) is 0 Å². The highest BCUT2D eigenvalue weighted by atomic mass is 127. The third-order valence-corrected chi connectivity index (χ3v) is 3.41. The Bertz CT molecular complexity index is 580. The Balaban J connectivity index is 0.00000288. The predicted molar refractivity (Wildman–Crippen MR) is 109 cm³/mol. The van der Waals surface area contributed by atoms with Crippen molar-refractivity contribution in [2.75, 3.05) is 13.1 Å². The largest absolute Gasteiger partial charge is 0.357 e. The fraction of sp³-hybridized carbons (Fsp3) is 0.471. The van der Waals surface area contributed by atoms with E-state index in [0.29, 0.717) is 6.54 Å². The molecule has 0 aliphatic rings. The summed E-state index contributed by atoms with van der Waals surface area (Å²) < 4.78 is 1.88. The molecule has 7 heteroatoms. The van der Waals surface area contributed by atoms with E-state index in [1.807, 2.05) is 29.1 Å². The molecule has 0 aliphatic heterocycles. The average Bonchev–Trinajstić information content (AvgIpc) is 3.11. The summed E-state index contributed by atoms with van der Waals surface area (Å²) in [6, 6.07) is 4.03. The van der Waals surface area contributed by atoms with Crippen LogP contribution in [0.4, 0.5) is 0 Å². The zero-order chi connectivity index (χ0) is 16.3. The van der Waals surface area contributed by atoms with E-state index in [1.54, 1.807) is 12.5 Å². The fourth-order valence-electron chi connectivity index (χ4n) is 2.15. The second-order valence-corrected chi connectivity index (χ2v) is 5.32. The lowest BCUT2D eigenvalue weighted by atomic mass is 10.2. The number of imidazole rings is 1. The minimum atomic E-state index is 0. The van der Waals surface area contributed by atoms with Crippen molar-refractivity contribution in [3.8, 4) is 5.82 Å². The Labute approximate surface area is 161 Å². The van der Waals surface area contributed by atoms with Gasteiger partial charge in [0, 0.05) is 31.7 Å². The van der Waals surface area contributed by atoms with E-state index in [1.165, 1.54) is 19.3 Å². The molecule has 0 amide bonds. The van der Waals surface area contributed by atoms with Gasteiger partial charge in [0.2, 0.25) is 0 Å². The lowest BCUT2D eigenvalue weighted by Gasteiger charge is -2.11. The maximum absolute atomic E-state index is 4.61. The molecule has 0 saturated carbocycles. The topological polar surface area (TPSA) is 67.1 Å². The lowest BCUT2D eigenvalue weighted by Crippen LogP contribution is -2.37. The minimum absolute atomic E-state index is 0. The Morgan fingerprint density at radius 1 is 1.21 bits per heavy atom. The molecular weight excluding hydrogens is 415 g/mol. The van der Waals surface area contributed by atoms with Crippen LogP contribution in [-0.4, -0.2) is 33.6 Å². The summed E-state index contributed by atoms with van der Waals surface area (Å²) in [7, 11) is 0. The second kappa shape index (κ2) is 11.8. The fourth-order valence-corrected chi connectivity index (χ4v) is 2.15. The molecule has 2 rings (SSSR count). The number of pyridine rings is 1. The van der Waals surface area contributed by atoms with Crippen LogP contribution in [0.1, 0.15) is 38.7 Å². The van der Waals surface area contributed by atoms with Crippen LogP contribution in [0.25, 0.3) is 5.82 Å². The van der Waals surface area contributed by atoms with Gasteiger partial charge in [0.05, 0.1) is 6.54 Å². The molecule has 6 nitrogen and oxygen atoms in total. The molecule has 0 bridgehead atoms. The monoisotopic (exact) mass is 442 g/mol. The minimum Gasteiger partial charge on any atom is -0.357 e. The van der Waals surface area contributed by atoms with Crippen LogP contribution < -0.4 is 10.6 Å². The Kier molecular flexibility index (Phi) is 10.1. The van der Waals surface area contributed by atoms with Crippen molar-refractivity contribution in [1.82, 2.24) is 25.2 Å². The number of halogens is 1. The Morgan fingerprint density at radius 3 is 2.71 bits per heavy atom. The van der Waals surface area contributed by atoms with Crippen LogP contribution in [0.2, 0.25) is 0 Å². The first-order valence-electron chi connectivity index (χ1n) is 8.29. The van der Waals surface area contributed by atoms with E-state index in [4.69, 9.17) is 0 Å². The number of aromatic nitrogens is 3. The normalized spacial score (nSPS) is 11.0. The van der Waals surface area contributed by atoms with Gasteiger partial charge >= 0.3 is 0 Å². The Hall–Kier alpha value is -1.64. The maximum atomic E-state index is 4.61. The van der Waals surface area contributed by atoms with Gasteiger partial charge in [0.25, 0.3) is 0 Å². The van der Waals surface area contributed by atoms with E-state index < -0.39 is 0 Å². The zero-order valence-corrected chi connectivity index (χ0v) is 16.7. The van der Waals surface area contributed by atoms with E-state index >= 15 is 0 Å². The van der Waals surface area contributed by atoms with Crippen molar-refractivity contribution in [3.63, 3.8) is 0 Å². The number of unbranched alkanes of at least 4 members (excludes halogenated alkanes) is 2. The zero-order valence-electron chi connectivity index (χ0n) is 14.4.